The van der Waals surface area contributed by atoms with Gasteiger partial charge in [-0.05, 0) is 60.9 Å². The number of nitrogens with one attached hydrogen (secondary N) is 1. The maximum absolute atomic E-state index is 13.1. The van der Waals surface area contributed by atoms with Crippen molar-refractivity contribution in [2.75, 3.05) is 5.73 Å². The molecule has 180 valence electrons. The van der Waals surface area contributed by atoms with Crippen molar-refractivity contribution in [1.82, 2.24) is 20.1 Å². The van der Waals surface area contributed by atoms with E-state index < -0.39 is 0 Å². The number of amides is 1. The average molecular weight is 514 g/mol. The van der Waals surface area contributed by atoms with Crippen LogP contribution in [0.5, 0.6) is 0 Å². The van der Waals surface area contributed by atoms with Crippen molar-refractivity contribution in [2.24, 2.45) is 0 Å². The Morgan fingerprint density at radius 1 is 1.03 bits per heavy atom. The van der Waals surface area contributed by atoms with Gasteiger partial charge in [-0.1, -0.05) is 18.2 Å². The molecule has 0 spiro atoms. The van der Waals surface area contributed by atoms with Gasteiger partial charge in [-0.25, -0.2) is 4.98 Å². The Morgan fingerprint density at radius 2 is 1.78 bits per heavy atom. The van der Waals surface area contributed by atoms with E-state index in [0.29, 0.717) is 24.5 Å². The van der Waals surface area contributed by atoms with Crippen molar-refractivity contribution in [3.63, 3.8) is 0 Å². The van der Waals surface area contributed by atoms with E-state index in [4.69, 9.17) is 9.01 Å². The highest BCUT2D eigenvalue weighted by Crippen LogP contribution is 2.40. The highest BCUT2D eigenvalue weighted by atomic mass is 32.2. The summed E-state index contributed by atoms with van der Waals surface area (Å²) in [6.07, 6.45) is 3.74. The van der Waals surface area contributed by atoms with Crippen molar-refractivity contribution in [3.05, 3.63) is 88.9 Å². The molecule has 0 aliphatic carbocycles. The predicted molar refractivity (Wildman–Crippen MR) is 146 cm³/mol. The van der Waals surface area contributed by atoms with Crippen LogP contribution in [-0.4, -0.2) is 20.7 Å². The van der Waals surface area contributed by atoms with E-state index in [9.17, 15) is 4.79 Å². The number of anilines is 1. The zero-order valence-electron chi connectivity index (χ0n) is 19.7. The maximum atomic E-state index is 13.1. The third-order valence-electron chi connectivity index (χ3n) is 6.48. The van der Waals surface area contributed by atoms with Crippen molar-refractivity contribution >= 4 is 65.9 Å². The van der Waals surface area contributed by atoms with E-state index in [2.05, 4.69) is 33.6 Å². The molecular weight excluding hydrogens is 490 g/mol. The molecule has 1 amide bonds. The molecule has 36 heavy (non-hydrogen) atoms. The van der Waals surface area contributed by atoms with Gasteiger partial charge >= 0.3 is 0 Å². The molecule has 0 fully saturated rings. The predicted octanol–water partition coefficient (Wildman–Crippen LogP) is 6.19. The fourth-order valence-electron chi connectivity index (χ4n) is 4.71. The summed E-state index contributed by atoms with van der Waals surface area (Å²) in [5.41, 5.74) is 10.4. The molecule has 0 unspecified atom stereocenters. The topological polar surface area (TPSA) is 99.0 Å². The van der Waals surface area contributed by atoms with Gasteiger partial charge < -0.3 is 14.3 Å². The zero-order valence-corrected chi connectivity index (χ0v) is 21.4. The first kappa shape index (κ1) is 22.5. The minimum atomic E-state index is -0.134. The summed E-state index contributed by atoms with van der Waals surface area (Å²) in [5.74, 6) is 0.353. The minimum absolute atomic E-state index is 0.134. The fourth-order valence-corrected chi connectivity index (χ4v) is 6.44. The van der Waals surface area contributed by atoms with Gasteiger partial charge in [0.2, 0.25) is 0 Å². The molecule has 3 aromatic carbocycles. The molecule has 0 saturated heterocycles. The number of rotatable bonds is 5. The molecule has 2 bridgehead atoms. The number of benzene rings is 3. The molecule has 7 nitrogen and oxygen atoms in total. The van der Waals surface area contributed by atoms with Crippen LogP contribution in [0.4, 0.5) is 5.82 Å². The minimum Gasteiger partial charge on any atom is -0.384 e. The Balaban J connectivity index is 1.39. The number of pyridine rings is 1. The SMILES string of the molecule is Cc1cc(N)nc(C)c1CNC(=O)c1ccc2c(c1)c1sosc2c2ccc(Cn3cccn3)cc21. The van der Waals surface area contributed by atoms with E-state index in [1.165, 1.54) is 23.3 Å². The Bertz CT molecular complexity index is 1750. The summed E-state index contributed by atoms with van der Waals surface area (Å²) in [6.45, 7) is 4.97. The number of hydrogen-bond acceptors (Lipinski definition) is 7. The maximum Gasteiger partial charge on any atom is 0.251 e. The largest absolute Gasteiger partial charge is 0.384 e. The summed E-state index contributed by atoms with van der Waals surface area (Å²) in [7, 11) is 0. The van der Waals surface area contributed by atoms with E-state index in [1.807, 2.05) is 55.1 Å². The fraction of sp³-hybridized carbons (Fsp3) is 0.148. The molecule has 9 heteroatoms. The lowest BCUT2D eigenvalue weighted by molar-refractivity contribution is 0.0951. The van der Waals surface area contributed by atoms with Crippen LogP contribution in [0.1, 0.15) is 32.7 Å². The molecular formula is C27H23N5O2S2. The molecule has 4 heterocycles. The number of carbonyl (C=O) groups is 1. The number of nitrogen functional groups attached to an aromatic ring is 1. The summed E-state index contributed by atoms with van der Waals surface area (Å²) in [6, 6.07) is 16.1. The van der Waals surface area contributed by atoms with Gasteiger partial charge in [0.15, 0.2) is 0 Å². The normalized spacial score (nSPS) is 11.5. The number of aromatic nitrogens is 3. The quantitative estimate of drug-likeness (QED) is 0.268. The van der Waals surface area contributed by atoms with Crippen LogP contribution in [0.25, 0.3) is 30.9 Å². The van der Waals surface area contributed by atoms with E-state index in [-0.39, 0.29) is 5.91 Å². The number of nitrogens with two attached hydrogens (primary N) is 1. The first-order valence-corrected chi connectivity index (χ1v) is 13.0. The van der Waals surface area contributed by atoms with Crippen LogP contribution in [0.15, 0.2) is 64.2 Å². The summed E-state index contributed by atoms with van der Waals surface area (Å²) >= 11 is 2.72. The van der Waals surface area contributed by atoms with Crippen LogP contribution in [-0.2, 0) is 13.1 Å². The lowest BCUT2D eigenvalue weighted by Crippen LogP contribution is -2.24. The Labute approximate surface area is 215 Å². The third-order valence-corrected chi connectivity index (χ3v) is 8.24. The van der Waals surface area contributed by atoms with Gasteiger partial charge in [-0.2, -0.15) is 5.10 Å². The number of fused-ring (bicyclic) bond motifs is 2. The number of nitrogens with zero attached hydrogens (tertiary/aromatic N) is 3. The van der Waals surface area contributed by atoms with E-state index >= 15 is 0 Å². The molecule has 7 aromatic rings. The van der Waals surface area contributed by atoms with Crippen LogP contribution in [0, 0.1) is 13.8 Å². The van der Waals surface area contributed by atoms with Gasteiger partial charge in [0.05, 0.1) is 39.2 Å². The molecule has 7 rings (SSSR count). The number of aryl methyl sites for hydroxylation is 2. The standard InChI is InChI=1S/C27H23N5O2S2/c1-15-10-24(28)31-16(2)23(15)13-29-27(33)18-5-7-20-22(12-18)26-21-11-17(14-32-9-3-8-30-32)4-6-19(21)25(20)35-34-36-26/h3-12H,13-14H2,1-2H3,(H2,28,31)(H,29,33). The lowest BCUT2D eigenvalue weighted by Gasteiger charge is -2.12. The van der Waals surface area contributed by atoms with Gasteiger partial charge in [0.1, 0.15) is 5.82 Å². The van der Waals surface area contributed by atoms with Gasteiger partial charge in [-0.15, -0.1) is 0 Å². The third kappa shape index (κ3) is 3.96. The highest BCUT2D eigenvalue weighted by molar-refractivity contribution is 7.22. The molecule has 0 saturated carbocycles. The van der Waals surface area contributed by atoms with Gasteiger partial charge in [0.25, 0.3) is 5.91 Å². The summed E-state index contributed by atoms with van der Waals surface area (Å²) in [4.78, 5) is 17.5. The van der Waals surface area contributed by atoms with E-state index in [1.54, 1.807) is 6.20 Å². The zero-order chi connectivity index (χ0) is 24.8. The number of carbonyl (C=O) groups excluding carboxylic acids is 1. The first-order chi connectivity index (χ1) is 17.5. The van der Waals surface area contributed by atoms with E-state index in [0.717, 1.165) is 53.3 Å². The second-order valence-electron chi connectivity index (χ2n) is 8.85. The smallest absolute Gasteiger partial charge is 0.251 e. The molecule has 0 radical (unpaired) electrons. The monoisotopic (exact) mass is 513 g/mol. The second kappa shape index (κ2) is 8.92. The van der Waals surface area contributed by atoms with Crippen molar-refractivity contribution in [1.29, 1.82) is 0 Å². The average Bonchev–Trinajstić information content (AvgIpc) is 3.21. The first-order valence-electron chi connectivity index (χ1n) is 11.5. The van der Waals surface area contributed by atoms with Crippen molar-refractivity contribution in [3.8, 4) is 0 Å². The van der Waals surface area contributed by atoms with Crippen LogP contribution in [0.2, 0.25) is 0 Å². The number of hydrogen-bond donors (Lipinski definition) is 2. The molecule has 4 aromatic heterocycles. The van der Waals surface area contributed by atoms with Crippen LogP contribution >= 0.6 is 23.3 Å². The van der Waals surface area contributed by atoms with Gasteiger partial charge in [-0.3, -0.25) is 9.48 Å². The molecule has 0 atom stereocenters. The molecule has 3 N–H and O–H groups in total. The summed E-state index contributed by atoms with van der Waals surface area (Å²) < 4.78 is 9.84. The van der Waals surface area contributed by atoms with Crippen molar-refractivity contribution in [2.45, 2.75) is 26.9 Å². The van der Waals surface area contributed by atoms with Crippen LogP contribution < -0.4 is 11.1 Å². The Kier molecular flexibility index (Phi) is 5.58. The van der Waals surface area contributed by atoms with Crippen LogP contribution in [0.3, 0.4) is 0 Å². The Morgan fingerprint density at radius 3 is 2.53 bits per heavy atom. The summed E-state index contributed by atoms with van der Waals surface area (Å²) in [5, 5.41) is 11.7. The second-order valence-corrected chi connectivity index (χ2v) is 10.5. The lowest BCUT2D eigenvalue weighted by atomic mass is 9.99. The van der Waals surface area contributed by atoms with Crippen molar-refractivity contribution < 1.29 is 8.08 Å². The van der Waals surface area contributed by atoms with Gasteiger partial charge in [0, 0.05) is 51.7 Å². The molecule has 0 aliphatic rings. The highest BCUT2D eigenvalue weighted by Gasteiger charge is 2.16. The molecule has 0 aliphatic heterocycles. The Hall–Kier alpha value is -3.95.